The van der Waals surface area contributed by atoms with Crippen molar-refractivity contribution >= 4 is 29.2 Å². The Kier molecular flexibility index (Phi) is 11.4. The van der Waals surface area contributed by atoms with Gasteiger partial charge in [0.2, 0.25) is 12.3 Å². The second-order valence-electron chi connectivity index (χ2n) is 9.94. The van der Waals surface area contributed by atoms with Crippen LogP contribution in [0.3, 0.4) is 0 Å². The van der Waals surface area contributed by atoms with Crippen molar-refractivity contribution in [2.75, 3.05) is 47.8 Å². The summed E-state index contributed by atoms with van der Waals surface area (Å²) in [5.74, 6) is -2.14. The van der Waals surface area contributed by atoms with Crippen LogP contribution in [-0.4, -0.2) is 102 Å². The van der Waals surface area contributed by atoms with Crippen LogP contribution in [0.4, 0.5) is 4.39 Å². The Morgan fingerprint density at radius 3 is 2.25 bits per heavy atom. The van der Waals surface area contributed by atoms with Crippen molar-refractivity contribution in [1.82, 2.24) is 30.6 Å². The average molecular weight is 531 g/mol. The molecule has 1 aliphatic carbocycles. The highest BCUT2D eigenvalue weighted by Gasteiger charge is 2.37. The van der Waals surface area contributed by atoms with Gasteiger partial charge in [-0.1, -0.05) is 32.3 Å². The number of likely N-dealkylation sites (tertiary alicyclic amines) is 1. The van der Waals surface area contributed by atoms with Gasteiger partial charge in [-0.3, -0.25) is 25.6 Å². The van der Waals surface area contributed by atoms with Gasteiger partial charge in [0.15, 0.2) is 16.9 Å². The van der Waals surface area contributed by atoms with E-state index in [2.05, 4.69) is 32.2 Å². The SMILES string of the molecule is C=C(/C(F)=C(\N=C(N)Cl)NNC(=O)[C@H](CC1CCCC1)CN(O)C=O)N1CC(N(C)C)C(N(C)C)C1. The zero-order chi connectivity index (χ0) is 27.0. The quantitative estimate of drug-likeness (QED) is 0.0528. The number of carbonyl (C=O) groups excluding carboxylic acids is 2. The Morgan fingerprint density at radius 2 is 1.78 bits per heavy atom. The van der Waals surface area contributed by atoms with Gasteiger partial charge in [0.05, 0.1) is 18.2 Å². The van der Waals surface area contributed by atoms with Gasteiger partial charge < -0.3 is 20.4 Å². The number of nitrogens with zero attached hydrogens (tertiary/aromatic N) is 5. The number of likely N-dealkylation sites (N-methyl/N-ethyl adjacent to an activating group) is 2. The number of hydrogen-bond acceptors (Lipinski definition) is 8. The van der Waals surface area contributed by atoms with Crippen LogP contribution in [0.15, 0.2) is 28.9 Å². The van der Waals surface area contributed by atoms with Gasteiger partial charge >= 0.3 is 0 Å². The number of hydrazine groups is 1. The van der Waals surface area contributed by atoms with E-state index in [4.69, 9.17) is 17.3 Å². The zero-order valence-electron chi connectivity index (χ0n) is 21.6. The third-order valence-corrected chi connectivity index (χ3v) is 7.03. The van der Waals surface area contributed by atoms with Crippen LogP contribution in [0.5, 0.6) is 0 Å². The van der Waals surface area contributed by atoms with Crippen molar-refractivity contribution < 1.29 is 19.2 Å². The van der Waals surface area contributed by atoms with Crippen molar-refractivity contribution in [1.29, 1.82) is 0 Å². The van der Waals surface area contributed by atoms with Crippen LogP contribution in [0.2, 0.25) is 0 Å². The summed E-state index contributed by atoms with van der Waals surface area (Å²) in [5, 5.41) is 9.67. The molecule has 2 fully saturated rings. The van der Waals surface area contributed by atoms with Crippen molar-refractivity contribution in [2.24, 2.45) is 22.6 Å². The Hall–Kier alpha value is -2.41. The van der Waals surface area contributed by atoms with E-state index in [9.17, 15) is 14.8 Å². The highest BCUT2D eigenvalue weighted by atomic mass is 35.5. The molecule has 5 N–H and O–H groups in total. The van der Waals surface area contributed by atoms with Crippen molar-refractivity contribution in [3.05, 3.63) is 23.9 Å². The van der Waals surface area contributed by atoms with Gasteiger partial charge in [-0.05, 0) is 52.1 Å². The minimum Gasteiger partial charge on any atom is -0.374 e. The van der Waals surface area contributed by atoms with Crippen LogP contribution >= 0.6 is 11.6 Å². The van der Waals surface area contributed by atoms with Crippen LogP contribution < -0.4 is 16.6 Å². The normalized spacial score (nSPS) is 22.6. The molecule has 0 radical (unpaired) electrons. The fourth-order valence-electron chi connectivity index (χ4n) is 4.92. The Bertz CT molecular complexity index is 827. The number of hydroxylamine groups is 2. The van der Waals surface area contributed by atoms with Crippen molar-refractivity contribution in [3.63, 3.8) is 0 Å². The van der Waals surface area contributed by atoms with Gasteiger partial charge in [-0.15, -0.1) is 0 Å². The molecule has 1 saturated heterocycles. The number of allylic oxidation sites excluding steroid dienone is 1. The maximum absolute atomic E-state index is 15.6. The van der Waals surface area contributed by atoms with Crippen LogP contribution in [0.25, 0.3) is 0 Å². The summed E-state index contributed by atoms with van der Waals surface area (Å²) >= 11 is 5.73. The predicted molar refractivity (Wildman–Crippen MR) is 137 cm³/mol. The third-order valence-electron chi connectivity index (χ3n) is 6.94. The van der Waals surface area contributed by atoms with Gasteiger partial charge in [-0.2, -0.15) is 4.99 Å². The molecule has 204 valence electrons. The molecule has 36 heavy (non-hydrogen) atoms. The number of nitrogens with one attached hydrogen (secondary N) is 2. The van der Waals surface area contributed by atoms with Gasteiger partial charge in [0, 0.05) is 25.2 Å². The number of halogens is 2. The van der Waals surface area contributed by atoms with Crippen molar-refractivity contribution in [3.8, 4) is 0 Å². The molecular weight excluding hydrogens is 491 g/mol. The lowest BCUT2D eigenvalue weighted by Gasteiger charge is -2.29. The van der Waals surface area contributed by atoms with Gasteiger partial charge in [-0.25, -0.2) is 9.45 Å². The molecule has 0 aromatic rings. The number of rotatable bonds is 13. The summed E-state index contributed by atoms with van der Waals surface area (Å²) in [7, 11) is 7.89. The van der Waals surface area contributed by atoms with E-state index in [0.717, 1.165) is 25.7 Å². The molecule has 0 aromatic heterocycles. The molecule has 2 amide bonds. The van der Waals surface area contributed by atoms with E-state index in [1.165, 1.54) is 0 Å². The number of amides is 2. The van der Waals surface area contributed by atoms with Crippen molar-refractivity contribution in [2.45, 2.75) is 44.2 Å². The van der Waals surface area contributed by atoms with Gasteiger partial charge in [0.1, 0.15) is 0 Å². The summed E-state index contributed by atoms with van der Waals surface area (Å²) in [6.45, 7) is 4.81. The molecule has 2 unspecified atom stereocenters. The average Bonchev–Trinajstić information content (AvgIpc) is 3.50. The van der Waals surface area contributed by atoms with Crippen LogP contribution in [0.1, 0.15) is 32.1 Å². The summed E-state index contributed by atoms with van der Waals surface area (Å²) in [6.07, 6.45) is 4.85. The Balaban J connectivity index is 2.17. The summed E-state index contributed by atoms with van der Waals surface area (Å²) in [5.41, 5.74) is 10.5. The molecule has 13 heteroatoms. The summed E-state index contributed by atoms with van der Waals surface area (Å²) < 4.78 is 15.6. The fourth-order valence-corrected chi connectivity index (χ4v) is 5.01. The molecule has 0 spiro atoms. The lowest BCUT2D eigenvalue weighted by atomic mass is 9.92. The number of carbonyl (C=O) groups is 2. The Morgan fingerprint density at radius 1 is 1.22 bits per heavy atom. The summed E-state index contributed by atoms with van der Waals surface area (Å²) in [4.78, 5) is 33.6. The second-order valence-corrected chi connectivity index (χ2v) is 10.3. The smallest absolute Gasteiger partial charge is 0.243 e. The first-order valence-corrected chi connectivity index (χ1v) is 12.5. The van der Waals surface area contributed by atoms with E-state index >= 15 is 4.39 Å². The van der Waals surface area contributed by atoms with Crippen LogP contribution in [-0.2, 0) is 9.59 Å². The minimum atomic E-state index is -0.820. The molecule has 3 atom stereocenters. The first kappa shape index (κ1) is 29.8. The first-order chi connectivity index (χ1) is 16.9. The molecule has 2 aliphatic rings. The van der Waals surface area contributed by atoms with E-state index in [1.807, 2.05) is 33.1 Å². The van der Waals surface area contributed by atoms with E-state index in [-0.39, 0.29) is 30.7 Å². The van der Waals surface area contributed by atoms with E-state index < -0.39 is 28.8 Å². The number of aliphatic imine (C=N–C) groups is 1. The lowest BCUT2D eigenvalue weighted by molar-refractivity contribution is -0.155. The third kappa shape index (κ3) is 8.32. The largest absolute Gasteiger partial charge is 0.374 e. The van der Waals surface area contributed by atoms with E-state index in [0.29, 0.717) is 30.5 Å². The second kappa shape index (κ2) is 13.8. The monoisotopic (exact) mass is 530 g/mol. The highest BCUT2D eigenvalue weighted by molar-refractivity contribution is 6.64. The first-order valence-electron chi connectivity index (χ1n) is 12.1. The molecule has 0 aromatic carbocycles. The number of amidine groups is 1. The molecule has 1 heterocycles. The maximum Gasteiger partial charge on any atom is 0.243 e. The molecule has 1 aliphatic heterocycles. The summed E-state index contributed by atoms with van der Waals surface area (Å²) in [6, 6.07) is 0.302. The topological polar surface area (TPSA) is 130 Å². The zero-order valence-corrected chi connectivity index (χ0v) is 22.3. The number of nitrogens with two attached hydrogens (primary N) is 1. The number of hydrogen-bond donors (Lipinski definition) is 4. The van der Waals surface area contributed by atoms with Gasteiger partial charge in [0.25, 0.3) is 0 Å². The molecule has 1 saturated carbocycles. The predicted octanol–water partition coefficient (Wildman–Crippen LogP) is 1.03. The highest BCUT2D eigenvalue weighted by Crippen LogP contribution is 2.31. The fraction of sp³-hybridized carbons (Fsp3) is 0.696. The molecule has 2 rings (SSSR count). The standard InChI is InChI=1S/C23H40ClFN8O3/c1-15(32-12-18(30(2)3)19(13-32)31(4)5)20(25)21(27-23(24)26)28-29-22(35)17(11-33(36)14-34)10-16-8-6-7-9-16/h14,16-19,28,36H,1,6-13H2,2-5H3,(H2,26,27)(H,29,35)/b21-20-/t17-,18?,19?/m1/s1. The maximum atomic E-state index is 15.6. The molecular formula is C23H40ClFN8O3. The van der Waals surface area contributed by atoms with Crippen LogP contribution in [0, 0.1) is 11.8 Å². The Labute approximate surface area is 217 Å². The van der Waals surface area contributed by atoms with E-state index in [1.54, 1.807) is 0 Å². The molecule has 0 bridgehead atoms. The molecule has 11 nitrogen and oxygen atoms in total. The lowest BCUT2D eigenvalue weighted by Crippen LogP contribution is -2.45. The minimum absolute atomic E-state index is 0.0783.